The van der Waals surface area contributed by atoms with Crippen LogP contribution in [0.3, 0.4) is 0 Å². The number of carbonyl (C=O) groups is 1. The maximum absolute atomic E-state index is 11.6. The summed E-state index contributed by atoms with van der Waals surface area (Å²) in [7, 11) is 0. The van der Waals surface area contributed by atoms with Crippen molar-refractivity contribution in [2.24, 2.45) is 0 Å². The van der Waals surface area contributed by atoms with Crippen molar-refractivity contribution < 1.29 is 4.79 Å². The zero-order valence-corrected chi connectivity index (χ0v) is 10.7. The van der Waals surface area contributed by atoms with Gasteiger partial charge in [-0.15, -0.1) is 6.42 Å². The normalized spacial score (nSPS) is 9.71. The number of nitrogens with one attached hydrogen (secondary N) is 1. The summed E-state index contributed by atoms with van der Waals surface area (Å²) in [4.78, 5) is 11.6. The fourth-order valence-electron chi connectivity index (χ4n) is 1.48. The Hall–Kier alpha value is -1.46. The molecular weight excluding hydrogens is 234 g/mol. The van der Waals surface area contributed by atoms with E-state index in [0.29, 0.717) is 23.6 Å². The highest BCUT2D eigenvalue weighted by atomic mass is 35.5. The van der Waals surface area contributed by atoms with Crippen molar-refractivity contribution in [3.05, 3.63) is 34.3 Å². The number of amides is 1. The van der Waals surface area contributed by atoms with Gasteiger partial charge in [0.1, 0.15) is 0 Å². The zero-order valence-electron chi connectivity index (χ0n) is 9.92. The summed E-state index contributed by atoms with van der Waals surface area (Å²) in [6, 6.07) is 5.25. The van der Waals surface area contributed by atoms with E-state index in [1.807, 2.05) is 0 Å². The lowest BCUT2D eigenvalue weighted by Crippen LogP contribution is -2.26. The molecule has 90 valence electrons. The predicted molar refractivity (Wildman–Crippen MR) is 71.0 cm³/mol. The molecule has 0 bridgehead atoms. The summed E-state index contributed by atoms with van der Waals surface area (Å²) in [5, 5.41) is 3.45. The van der Waals surface area contributed by atoms with Crippen LogP contribution in [0, 0.1) is 12.3 Å². The Balaban J connectivity index is 2.62. The summed E-state index contributed by atoms with van der Waals surface area (Å²) < 4.78 is 0. The minimum atomic E-state index is -0.00253. The number of carbonyl (C=O) groups excluding carboxylic acids is 1. The van der Waals surface area contributed by atoms with Gasteiger partial charge in [0, 0.05) is 17.1 Å². The number of hydrogen-bond donors (Lipinski definition) is 1. The summed E-state index contributed by atoms with van der Waals surface area (Å²) in [5.41, 5.74) is 1.52. The molecule has 1 N–H and O–H groups in total. The van der Waals surface area contributed by atoms with E-state index in [9.17, 15) is 4.79 Å². The molecule has 3 heteroatoms. The molecule has 0 saturated carbocycles. The lowest BCUT2D eigenvalue weighted by Gasteiger charge is -2.06. The van der Waals surface area contributed by atoms with E-state index in [-0.39, 0.29) is 5.91 Å². The molecule has 0 radical (unpaired) electrons. The van der Waals surface area contributed by atoms with Crippen LogP contribution in [0.25, 0.3) is 0 Å². The number of hydrogen-bond acceptors (Lipinski definition) is 1. The Kier molecular flexibility index (Phi) is 5.59. The highest BCUT2D eigenvalue weighted by molar-refractivity contribution is 6.30. The number of terminal acetylenes is 1. The van der Waals surface area contributed by atoms with Gasteiger partial charge in [-0.2, -0.15) is 0 Å². The average molecular weight is 250 g/mol. The molecule has 0 aromatic heterocycles. The van der Waals surface area contributed by atoms with Gasteiger partial charge in [-0.05, 0) is 24.1 Å². The van der Waals surface area contributed by atoms with Crippen LogP contribution >= 0.6 is 11.6 Å². The third-order valence-electron chi connectivity index (χ3n) is 2.43. The fraction of sp³-hybridized carbons (Fsp3) is 0.357. The number of rotatable bonds is 5. The Morgan fingerprint density at radius 3 is 2.94 bits per heavy atom. The first-order valence-electron chi connectivity index (χ1n) is 5.69. The number of halogens is 1. The molecule has 1 rings (SSSR count). The summed E-state index contributed by atoms with van der Waals surface area (Å²) >= 11 is 5.84. The fourth-order valence-corrected chi connectivity index (χ4v) is 1.65. The van der Waals surface area contributed by atoms with Crippen molar-refractivity contribution in [3.8, 4) is 12.3 Å². The molecule has 0 aliphatic rings. The number of unbranched alkanes of at least 4 members (excludes halogenated alkanes) is 1. The molecule has 0 heterocycles. The standard InChI is InChI=1S/C14H16ClNO/c1-3-5-8-16-14(17)10-12-6-7-13(15)9-11(12)4-2/h2,6-7,9H,3,5,8,10H2,1H3,(H,16,17). The van der Waals surface area contributed by atoms with E-state index in [2.05, 4.69) is 18.2 Å². The van der Waals surface area contributed by atoms with Crippen LogP contribution in [0.2, 0.25) is 5.02 Å². The van der Waals surface area contributed by atoms with E-state index in [1.165, 1.54) is 0 Å². The van der Waals surface area contributed by atoms with Gasteiger partial charge in [0.25, 0.3) is 0 Å². The van der Waals surface area contributed by atoms with Crippen LogP contribution in [-0.4, -0.2) is 12.5 Å². The van der Waals surface area contributed by atoms with Crippen molar-refractivity contribution in [3.63, 3.8) is 0 Å². The van der Waals surface area contributed by atoms with Gasteiger partial charge >= 0.3 is 0 Å². The maximum atomic E-state index is 11.6. The lowest BCUT2D eigenvalue weighted by molar-refractivity contribution is -0.120. The minimum absolute atomic E-state index is 0.00253. The molecule has 1 aromatic rings. The van der Waals surface area contributed by atoms with E-state index in [1.54, 1.807) is 18.2 Å². The molecule has 0 aliphatic heterocycles. The first-order chi connectivity index (χ1) is 8.17. The van der Waals surface area contributed by atoms with E-state index < -0.39 is 0 Å². The molecule has 0 unspecified atom stereocenters. The van der Waals surface area contributed by atoms with Crippen LogP contribution in [0.1, 0.15) is 30.9 Å². The van der Waals surface area contributed by atoms with Gasteiger partial charge in [0.2, 0.25) is 5.91 Å². The first-order valence-corrected chi connectivity index (χ1v) is 6.07. The van der Waals surface area contributed by atoms with Crippen molar-refractivity contribution in [1.82, 2.24) is 5.32 Å². The van der Waals surface area contributed by atoms with Gasteiger partial charge in [0.05, 0.1) is 6.42 Å². The summed E-state index contributed by atoms with van der Waals surface area (Å²) in [5.74, 6) is 2.54. The van der Waals surface area contributed by atoms with Gasteiger partial charge in [-0.3, -0.25) is 4.79 Å². The van der Waals surface area contributed by atoms with Crippen molar-refractivity contribution in [2.75, 3.05) is 6.54 Å². The molecular formula is C14H16ClNO. The van der Waals surface area contributed by atoms with Gasteiger partial charge < -0.3 is 5.32 Å². The van der Waals surface area contributed by atoms with Crippen LogP contribution in [0.15, 0.2) is 18.2 Å². The monoisotopic (exact) mass is 249 g/mol. The first kappa shape index (κ1) is 13.6. The van der Waals surface area contributed by atoms with Crippen LogP contribution in [-0.2, 0) is 11.2 Å². The van der Waals surface area contributed by atoms with Crippen LogP contribution in [0.5, 0.6) is 0 Å². The van der Waals surface area contributed by atoms with Gasteiger partial charge in [-0.1, -0.05) is 36.9 Å². The van der Waals surface area contributed by atoms with Gasteiger partial charge in [0.15, 0.2) is 0 Å². The van der Waals surface area contributed by atoms with E-state index >= 15 is 0 Å². The minimum Gasteiger partial charge on any atom is -0.356 e. The highest BCUT2D eigenvalue weighted by Gasteiger charge is 2.06. The third kappa shape index (κ3) is 4.50. The Morgan fingerprint density at radius 2 is 2.29 bits per heavy atom. The predicted octanol–water partition coefficient (Wildman–Crippen LogP) is 2.78. The largest absolute Gasteiger partial charge is 0.356 e. The van der Waals surface area contributed by atoms with Gasteiger partial charge in [-0.25, -0.2) is 0 Å². The smallest absolute Gasteiger partial charge is 0.224 e. The van der Waals surface area contributed by atoms with Crippen molar-refractivity contribution in [2.45, 2.75) is 26.2 Å². The molecule has 1 amide bonds. The Bertz CT molecular complexity index is 434. The molecule has 17 heavy (non-hydrogen) atoms. The van der Waals surface area contributed by atoms with Crippen LogP contribution in [0.4, 0.5) is 0 Å². The van der Waals surface area contributed by atoms with E-state index in [4.69, 9.17) is 18.0 Å². The Morgan fingerprint density at radius 1 is 1.53 bits per heavy atom. The number of benzene rings is 1. The quantitative estimate of drug-likeness (QED) is 0.631. The van der Waals surface area contributed by atoms with Crippen LogP contribution < -0.4 is 5.32 Å². The van der Waals surface area contributed by atoms with Crippen molar-refractivity contribution in [1.29, 1.82) is 0 Å². The molecule has 0 fully saturated rings. The SMILES string of the molecule is C#Cc1cc(Cl)ccc1CC(=O)NCCCC. The Labute approximate surface area is 107 Å². The summed E-state index contributed by atoms with van der Waals surface area (Å²) in [6.07, 6.45) is 7.74. The second-order valence-electron chi connectivity index (χ2n) is 3.83. The molecule has 2 nitrogen and oxygen atoms in total. The second kappa shape index (κ2) is 6.98. The second-order valence-corrected chi connectivity index (χ2v) is 4.26. The lowest BCUT2D eigenvalue weighted by atomic mass is 10.0. The van der Waals surface area contributed by atoms with Crippen molar-refractivity contribution >= 4 is 17.5 Å². The zero-order chi connectivity index (χ0) is 12.7. The molecule has 0 saturated heterocycles. The molecule has 0 aliphatic carbocycles. The summed E-state index contributed by atoms with van der Waals surface area (Å²) in [6.45, 7) is 2.80. The third-order valence-corrected chi connectivity index (χ3v) is 2.67. The highest BCUT2D eigenvalue weighted by Crippen LogP contribution is 2.15. The molecule has 0 atom stereocenters. The molecule has 0 spiro atoms. The topological polar surface area (TPSA) is 29.1 Å². The van der Waals surface area contributed by atoms with E-state index in [0.717, 1.165) is 18.4 Å². The molecule has 1 aromatic carbocycles. The maximum Gasteiger partial charge on any atom is 0.224 e. The average Bonchev–Trinajstić information content (AvgIpc) is 2.32.